The molecule has 7 nitrogen and oxygen atoms in total. The normalized spacial score (nSPS) is 14.4. The van der Waals surface area contributed by atoms with E-state index in [1.807, 2.05) is 29.2 Å². The number of nitrogens with one attached hydrogen (secondary N) is 1. The van der Waals surface area contributed by atoms with E-state index in [1.54, 1.807) is 24.3 Å². The summed E-state index contributed by atoms with van der Waals surface area (Å²) in [4.78, 5) is 27.6. The molecule has 1 heterocycles. The number of carbonyl (C=O) groups excluding carboxylic acids is 2. The number of anilines is 1. The summed E-state index contributed by atoms with van der Waals surface area (Å²) >= 11 is 0. The van der Waals surface area contributed by atoms with Crippen molar-refractivity contribution in [2.24, 2.45) is 5.73 Å². The van der Waals surface area contributed by atoms with Crippen molar-refractivity contribution in [1.29, 1.82) is 5.26 Å². The molecule has 1 saturated heterocycles. The summed E-state index contributed by atoms with van der Waals surface area (Å²) in [6.45, 7) is 3.73. The maximum atomic E-state index is 12.6. The molecule has 1 aliphatic rings. The number of nitriles is 1. The first-order valence-electron chi connectivity index (χ1n) is 8.72. The molecule has 3 amide bonds. The van der Waals surface area contributed by atoms with Crippen LogP contribution >= 0.6 is 0 Å². The van der Waals surface area contributed by atoms with Crippen LogP contribution in [0.1, 0.15) is 21.5 Å². The monoisotopic (exact) mass is 363 g/mol. The zero-order valence-corrected chi connectivity index (χ0v) is 14.9. The molecule has 0 unspecified atom stereocenters. The standard InChI is InChI=1S/C20H21N5O2/c21-13-15-1-3-16(4-2-15)14-24-9-11-25(12-10-24)19(26)17-5-7-18(8-6-17)23-20(22)27/h1-8H,9-12,14H2,(H3,22,23,27). The molecule has 0 bridgehead atoms. The Morgan fingerprint density at radius 2 is 1.63 bits per heavy atom. The number of urea groups is 1. The molecule has 7 heteroatoms. The first-order valence-corrected chi connectivity index (χ1v) is 8.72. The van der Waals surface area contributed by atoms with Gasteiger partial charge in [-0.25, -0.2) is 4.79 Å². The quantitative estimate of drug-likeness (QED) is 0.867. The highest BCUT2D eigenvalue weighted by atomic mass is 16.2. The molecule has 0 aromatic heterocycles. The van der Waals surface area contributed by atoms with Crippen molar-refractivity contribution in [3.05, 3.63) is 65.2 Å². The molecule has 3 N–H and O–H groups in total. The third kappa shape index (κ3) is 4.84. The van der Waals surface area contributed by atoms with Crippen LogP contribution in [0.4, 0.5) is 10.5 Å². The lowest BCUT2D eigenvalue weighted by molar-refractivity contribution is 0.0628. The lowest BCUT2D eigenvalue weighted by Gasteiger charge is -2.34. The molecule has 1 fully saturated rings. The summed E-state index contributed by atoms with van der Waals surface area (Å²) in [6, 6.07) is 15.8. The minimum absolute atomic E-state index is 0.0151. The van der Waals surface area contributed by atoms with Gasteiger partial charge in [0.25, 0.3) is 5.91 Å². The van der Waals surface area contributed by atoms with Gasteiger partial charge in [-0.1, -0.05) is 12.1 Å². The minimum Gasteiger partial charge on any atom is -0.351 e. The molecule has 0 saturated carbocycles. The first-order chi connectivity index (χ1) is 13.0. The van der Waals surface area contributed by atoms with Crippen LogP contribution in [0, 0.1) is 11.3 Å². The van der Waals surface area contributed by atoms with Crippen LogP contribution in [-0.4, -0.2) is 47.9 Å². The molecule has 2 aromatic carbocycles. The van der Waals surface area contributed by atoms with Gasteiger partial charge in [0, 0.05) is 44.0 Å². The van der Waals surface area contributed by atoms with Gasteiger partial charge < -0.3 is 16.0 Å². The minimum atomic E-state index is -0.632. The van der Waals surface area contributed by atoms with Crippen molar-refractivity contribution in [1.82, 2.24) is 9.80 Å². The summed E-state index contributed by atoms with van der Waals surface area (Å²) in [5.74, 6) is -0.0151. The van der Waals surface area contributed by atoms with Crippen molar-refractivity contribution in [3.63, 3.8) is 0 Å². The van der Waals surface area contributed by atoms with E-state index in [-0.39, 0.29) is 5.91 Å². The molecule has 1 aliphatic heterocycles. The van der Waals surface area contributed by atoms with Crippen molar-refractivity contribution >= 4 is 17.6 Å². The van der Waals surface area contributed by atoms with Crippen molar-refractivity contribution in [2.45, 2.75) is 6.54 Å². The van der Waals surface area contributed by atoms with Crippen LogP contribution in [0.2, 0.25) is 0 Å². The first kappa shape index (κ1) is 18.4. The predicted molar refractivity (Wildman–Crippen MR) is 102 cm³/mol. The lowest BCUT2D eigenvalue weighted by atomic mass is 10.1. The van der Waals surface area contributed by atoms with E-state index in [0.717, 1.165) is 25.2 Å². The molecular weight excluding hydrogens is 342 g/mol. The average Bonchev–Trinajstić information content (AvgIpc) is 2.69. The van der Waals surface area contributed by atoms with Gasteiger partial charge in [-0.05, 0) is 42.0 Å². The highest BCUT2D eigenvalue weighted by Gasteiger charge is 2.22. The second-order valence-electron chi connectivity index (χ2n) is 6.44. The fourth-order valence-electron chi connectivity index (χ4n) is 3.07. The third-order valence-electron chi connectivity index (χ3n) is 4.55. The van der Waals surface area contributed by atoms with Crippen molar-refractivity contribution in [3.8, 4) is 6.07 Å². The Kier molecular flexibility index (Phi) is 5.69. The van der Waals surface area contributed by atoms with E-state index in [1.165, 1.54) is 0 Å². The van der Waals surface area contributed by atoms with Gasteiger partial charge in [0.1, 0.15) is 0 Å². The molecular formula is C20H21N5O2. The van der Waals surface area contributed by atoms with Gasteiger partial charge in [-0.3, -0.25) is 9.69 Å². The number of hydrogen-bond acceptors (Lipinski definition) is 4. The molecule has 27 heavy (non-hydrogen) atoms. The Hall–Kier alpha value is -3.37. The molecule has 138 valence electrons. The van der Waals surface area contributed by atoms with Crippen LogP contribution in [0.25, 0.3) is 0 Å². The summed E-state index contributed by atoms with van der Waals surface area (Å²) in [5.41, 5.74) is 8.04. The Balaban J connectivity index is 1.52. The average molecular weight is 363 g/mol. The maximum absolute atomic E-state index is 12.6. The van der Waals surface area contributed by atoms with Crippen molar-refractivity contribution < 1.29 is 9.59 Å². The van der Waals surface area contributed by atoms with Crippen LogP contribution in [-0.2, 0) is 6.54 Å². The SMILES string of the molecule is N#Cc1ccc(CN2CCN(C(=O)c3ccc(NC(N)=O)cc3)CC2)cc1. The van der Waals surface area contributed by atoms with Gasteiger partial charge >= 0.3 is 6.03 Å². The Morgan fingerprint density at radius 1 is 1.00 bits per heavy atom. The number of amides is 3. The number of nitrogens with two attached hydrogens (primary N) is 1. The number of nitrogens with zero attached hydrogens (tertiary/aromatic N) is 3. The highest BCUT2D eigenvalue weighted by molar-refractivity contribution is 5.95. The summed E-state index contributed by atoms with van der Waals surface area (Å²) in [5, 5.41) is 11.3. The fraction of sp³-hybridized carbons (Fsp3) is 0.250. The number of benzene rings is 2. The van der Waals surface area contributed by atoms with Crippen LogP contribution in [0.15, 0.2) is 48.5 Å². The Labute approximate surface area is 158 Å². The topological polar surface area (TPSA) is 102 Å². The molecule has 3 rings (SSSR count). The zero-order chi connectivity index (χ0) is 19.2. The van der Waals surface area contributed by atoms with Crippen molar-refractivity contribution in [2.75, 3.05) is 31.5 Å². The smallest absolute Gasteiger partial charge is 0.316 e. The van der Waals surface area contributed by atoms with Gasteiger partial charge in [0.2, 0.25) is 0 Å². The Bertz CT molecular complexity index is 847. The second kappa shape index (κ2) is 8.34. The van der Waals surface area contributed by atoms with E-state index in [4.69, 9.17) is 11.0 Å². The maximum Gasteiger partial charge on any atom is 0.316 e. The molecule has 0 radical (unpaired) electrons. The summed E-state index contributed by atoms with van der Waals surface area (Å²) in [6.07, 6.45) is 0. The van der Waals surface area contributed by atoms with E-state index in [9.17, 15) is 9.59 Å². The van der Waals surface area contributed by atoms with Crippen LogP contribution in [0.5, 0.6) is 0 Å². The van der Waals surface area contributed by atoms with E-state index in [2.05, 4.69) is 16.3 Å². The van der Waals surface area contributed by atoms with E-state index in [0.29, 0.717) is 29.9 Å². The lowest BCUT2D eigenvalue weighted by Crippen LogP contribution is -2.48. The van der Waals surface area contributed by atoms with Crippen LogP contribution in [0.3, 0.4) is 0 Å². The fourth-order valence-corrected chi connectivity index (χ4v) is 3.07. The number of piperazine rings is 1. The van der Waals surface area contributed by atoms with E-state index < -0.39 is 6.03 Å². The van der Waals surface area contributed by atoms with Gasteiger partial charge in [0.15, 0.2) is 0 Å². The molecule has 0 atom stereocenters. The zero-order valence-electron chi connectivity index (χ0n) is 14.9. The van der Waals surface area contributed by atoms with Crippen LogP contribution < -0.4 is 11.1 Å². The summed E-state index contributed by atoms with van der Waals surface area (Å²) in [7, 11) is 0. The second-order valence-corrected chi connectivity index (χ2v) is 6.44. The number of rotatable bonds is 4. The van der Waals surface area contributed by atoms with Gasteiger partial charge in [0.05, 0.1) is 11.6 Å². The molecule has 2 aromatic rings. The number of carbonyl (C=O) groups is 2. The third-order valence-corrected chi connectivity index (χ3v) is 4.55. The summed E-state index contributed by atoms with van der Waals surface area (Å²) < 4.78 is 0. The highest BCUT2D eigenvalue weighted by Crippen LogP contribution is 2.14. The van der Waals surface area contributed by atoms with E-state index >= 15 is 0 Å². The van der Waals surface area contributed by atoms with Gasteiger partial charge in [-0.2, -0.15) is 5.26 Å². The van der Waals surface area contributed by atoms with Gasteiger partial charge in [-0.15, -0.1) is 0 Å². The Morgan fingerprint density at radius 3 is 2.19 bits per heavy atom. The number of hydrogen-bond donors (Lipinski definition) is 2. The molecule has 0 spiro atoms. The largest absolute Gasteiger partial charge is 0.351 e. The molecule has 0 aliphatic carbocycles. The number of primary amides is 1. The predicted octanol–water partition coefficient (Wildman–Crippen LogP) is 2.01.